The van der Waals surface area contributed by atoms with Crippen molar-refractivity contribution in [2.24, 2.45) is 5.92 Å². The molecule has 3 rings (SSSR count). The van der Waals surface area contributed by atoms with Gasteiger partial charge in [0.25, 0.3) is 0 Å². The molecule has 3 aromatic rings. The van der Waals surface area contributed by atoms with Crippen LogP contribution in [0.4, 0.5) is 0 Å². The molecule has 0 spiro atoms. The Hall–Kier alpha value is -2.74. The second-order valence-electron chi connectivity index (χ2n) is 9.58. The van der Waals surface area contributed by atoms with Crippen LogP contribution in [-0.2, 0) is 0 Å². The summed E-state index contributed by atoms with van der Waals surface area (Å²) in [4.78, 5) is 3.02. The van der Waals surface area contributed by atoms with E-state index in [1.165, 1.54) is 15.3 Å². The first kappa shape index (κ1) is 34.3. The molecular weight excluding hydrogens is 464 g/mol. The van der Waals surface area contributed by atoms with Crippen molar-refractivity contribution in [2.45, 2.75) is 101 Å². The summed E-state index contributed by atoms with van der Waals surface area (Å²) in [5, 5.41) is 0. The van der Waals surface area contributed by atoms with E-state index in [0.717, 1.165) is 16.7 Å². The molecule has 0 atom stereocenters. The Morgan fingerprint density at radius 1 is 0.459 bits per heavy atom. The lowest BCUT2D eigenvalue weighted by atomic mass is 10.0. The molecule has 0 nitrogen and oxygen atoms in total. The maximum absolute atomic E-state index is 3.21. The Balaban J connectivity index is 0.000000725. The first-order valence-corrected chi connectivity index (χ1v) is 14.8. The van der Waals surface area contributed by atoms with E-state index in [1.807, 2.05) is 63.3 Å². The van der Waals surface area contributed by atoms with Crippen LogP contribution in [0.1, 0.15) is 133 Å². The molecule has 0 unspecified atom stereocenters. The highest BCUT2D eigenvalue weighted by Gasteiger charge is 2.05. The molecule has 0 N–H and O–H groups in total. The summed E-state index contributed by atoms with van der Waals surface area (Å²) in [5.74, 6) is 15.1. The fourth-order valence-corrected chi connectivity index (χ4v) is 3.96. The summed E-state index contributed by atoms with van der Waals surface area (Å²) >= 11 is 1.95. The summed E-state index contributed by atoms with van der Waals surface area (Å²) in [6.45, 7) is 25.6. The first-order valence-electron chi connectivity index (χ1n) is 14.0. The van der Waals surface area contributed by atoms with Crippen LogP contribution in [0.25, 0.3) is 0 Å². The average molecular weight is 515 g/mol. The van der Waals surface area contributed by atoms with Crippen molar-refractivity contribution in [3.8, 4) is 23.7 Å². The van der Waals surface area contributed by atoms with Crippen molar-refractivity contribution < 1.29 is 0 Å². The van der Waals surface area contributed by atoms with Crippen molar-refractivity contribution in [1.29, 1.82) is 0 Å². The number of rotatable bonds is 3. The third-order valence-corrected chi connectivity index (χ3v) is 6.79. The zero-order chi connectivity index (χ0) is 28.4. The van der Waals surface area contributed by atoms with Gasteiger partial charge >= 0.3 is 0 Å². The zero-order valence-corrected chi connectivity index (χ0v) is 26.3. The molecule has 0 amide bonds. The lowest BCUT2D eigenvalue weighted by Gasteiger charge is -2.03. The van der Waals surface area contributed by atoms with E-state index < -0.39 is 0 Å². The van der Waals surface area contributed by atoms with E-state index in [0.29, 0.717) is 23.7 Å². The number of hydrogen-bond donors (Lipinski definition) is 0. The van der Waals surface area contributed by atoms with Gasteiger partial charge in [-0.2, -0.15) is 0 Å². The van der Waals surface area contributed by atoms with Crippen LogP contribution in [-0.4, -0.2) is 0 Å². The minimum atomic E-state index is 0.397. The molecule has 2 aromatic carbocycles. The first-order chi connectivity index (χ1) is 17.7. The lowest BCUT2D eigenvalue weighted by molar-refractivity contribution is 0.866. The van der Waals surface area contributed by atoms with E-state index in [4.69, 9.17) is 0 Å². The van der Waals surface area contributed by atoms with Gasteiger partial charge in [0, 0.05) is 32.4 Å². The highest BCUT2D eigenvalue weighted by Crippen LogP contribution is 2.28. The zero-order valence-electron chi connectivity index (χ0n) is 25.5. The smallest absolute Gasteiger partial charge is 0.0249 e. The van der Waals surface area contributed by atoms with Gasteiger partial charge in [0.1, 0.15) is 0 Å². The summed E-state index contributed by atoms with van der Waals surface area (Å²) < 4.78 is 0. The number of thiophene rings is 1. The van der Waals surface area contributed by atoms with Crippen LogP contribution in [0.3, 0.4) is 0 Å². The van der Waals surface area contributed by atoms with Crippen molar-refractivity contribution >= 4 is 11.3 Å². The molecule has 0 aliphatic carbocycles. The van der Waals surface area contributed by atoms with Crippen LogP contribution in [0, 0.1) is 29.6 Å². The van der Waals surface area contributed by atoms with Gasteiger partial charge in [-0.05, 0) is 71.8 Å². The second-order valence-corrected chi connectivity index (χ2v) is 10.7. The number of benzene rings is 2. The highest BCUT2D eigenvalue weighted by atomic mass is 32.1. The largest absolute Gasteiger partial charge is 0.145 e. The Morgan fingerprint density at radius 2 is 0.811 bits per heavy atom. The highest BCUT2D eigenvalue weighted by molar-refractivity contribution is 7.12. The Morgan fingerprint density at radius 3 is 1.11 bits per heavy atom. The third kappa shape index (κ3) is 14.0. The van der Waals surface area contributed by atoms with Crippen LogP contribution in [0.2, 0.25) is 0 Å². The van der Waals surface area contributed by atoms with Gasteiger partial charge in [-0.25, -0.2) is 0 Å². The van der Waals surface area contributed by atoms with E-state index in [2.05, 4.69) is 115 Å². The second kappa shape index (κ2) is 19.4. The van der Waals surface area contributed by atoms with Crippen molar-refractivity contribution in [3.05, 3.63) is 92.7 Å². The van der Waals surface area contributed by atoms with Crippen molar-refractivity contribution in [2.75, 3.05) is 0 Å². The maximum atomic E-state index is 3.21. The van der Waals surface area contributed by atoms with E-state index >= 15 is 0 Å². The Kier molecular flexibility index (Phi) is 17.9. The topological polar surface area (TPSA) is 0 Å². The molecule has 1 aromatic heterocycles. The van der Waals surface area contributed by atoms with Gasteiger partial charge in [-0.1, -0.05) is 119 Å². The standard InChI is InChI=1S/C22H22.C10H16S.2C2H6/c1-17(2)5-6-19-7-9-20(10-8-19)11-12-21-13-15-22(16-14-21)18(3)4;1-7(2)9-5-6-10(11-9)8(3)4;2*1-2/h7-10,13-18H,1-4H3;5-8H,1-4H3;2*1-2H3. The minimum Gasteiger partial charge on any atom is -0.145 e. The molecule has 0 aliphatic rings. The van der Waals surface area contributed by atoms with Crippen LogP contribution < -0.4 is 0 Å². The SMILES string of the molecule is CC.CC.CC(C)C#Cc1ccc(C#Cc2ccc(C(C)C)cc2)cc1.CC(C)c1ccc(C(C)C)s1. The summed E-state index contributed by atoms with van der Waals surface area (Å²) in [6, 6.07) is 21.1. The van der Waals surface area contributed by atoms with Gasteiger partial charge in [0.2, 0.25) is 0 Å². The van der Waals surface area contributed by atoms with Gasteiger partial charge in [-0.15, -0.1) is 11.3 Å². The molecule has 0 saturated carbocycles. The van der Waals surface area contributed by atoms with Gasteiger partial charge in [0.05, 0.1) is 0 Å². The molecule has 1 heterocycles. The molecule has 1 heteroatoms. The summed E-state index contributed by atoms with van der Waals surface area (Å²) in [5.41, 5.74) is 4.45. The van der Waals surface area contributed by atoms with Crippen molar-refractivity contribution in [1.82, 2.24) is 0 Å². The van der Waals surface area contributed by atoms with Gasteiger partial charge < -0.3 is 0 Å². The van der Waals surface area contributed by atoms with E-state index in [-0.39, 0.29) is 0 Å². The molecular formula is C36H50S. The van der Waals surface area contributed by atoms with Crippen LogP contribution >= 0.6 is 11.3 Å². The molecule has 0 saturated heterocycles. The molecule has 200 valence electrons. The fourth-order valence-electron chi connectivity index (χ4n) is 2.95. The number of hydrogen-bond acceptors (Lipinski definition) is 1. The average Bonchev–Trinajstić information content (AvgIpc) is 3.41. The molecule has 0 fully saturated rings. The molecule has 37 heavy (non-hydrogen) atoms. The van der Waals surface area contributed by atoms with Gasteiger partial charge in [0.15, 0.2) is 0 Å². The lowest BCUT2D eigenvalue weighted by Crippen LogP contribution is -1.86. The molecule has 0 radical (unpaired) electrons. The predicted octanol–water partition coefficient (Wildman–Crippen LogP) is 11.3. The Bertz CT molecular complexity index is 1080. The van der Waals surface area contributed by atoms with E-state index in [1.54, 1.807) is 0 Å². The summed E-state index contributed by atoms with van der Waals surface area (Å²) in [7, 11) is 0. The maximum Gasteiger partial charge on any atom is 0.0249 e. The van der Waals surface area contributed by atoms with Crippen LogP contribution in [0.15, 0.2) is 60.7 Å². The molecule has 0 bridgehead atoms. The summed E-state index contributed by atoms with van der Waals surface area (Å²) in [6.07, 6.45) is 0. The fraction of sp³-hybridized carbons (Fsp3) is 0.444. The third-order valence-electron chi connectivity index (χ3n) is 5.10. The Labute approximate surface area is 234 Å². The monoisotopic (exact) mass is 514 g/mol. The van der Waals surface area contributed by atoms with Gasteiger partial charge in [-0.3, -0.25) is 0 Å². The predicted molar refractivity (Wildman–Crippen MR) is 170 cm³/mol. The minimum absolute atomic E-state index is 0.397. The van der Waals surface area contributed by atoms with Crippen molar-refractivity contribution in [3.63, 3.8) is 0 Å². The quantitative estimate of drug-likeness (QED) is 0.305. The van der Waals surface area contributed by atoms with E-state index in [9.17, 15) is 0 Å². The normalized spacial score (nSPS) is 9.62. The molecule has 0 aliphatic heterocycles. The van der Waals surface area contributed by atoms with Crippen LogP contribution in [0.5, 0.6) is 0 Å².